The van der Waals surface area contributed by atoms with Crippen molar-refractivity contribution < 1.29 is 38.0 Å². The maximum Gasteiger partial charge on any atom is 0.356 e. The lowest BCUT2D eigenvalue weighted by Gasteiger charge is -2.32. The molecule has 3 aromatic rings. The molecule has 3 heterocycles. The van der Waals surface area contributed by atoms with Gasteiger partial charge in [-0.15, -0.1) is 0 Å². The third-order valence-electron chi connectivity index (χ3n) is 7.54. The van der Waals surface area contributed by atoms with Crippen LogP contribution in [0.3, 0.4) is 0 Å². The minimum atomic E-state index is -0.498. The molecular weight excluding hydrogens is 630 g/mol. The Bertz CT molecular complexity index is 1370. The van der Waals surface area contributed by atoms with Crippen LogP contribution in [0.15, 0.2) is 60.7 Å². The van der Waals surface area contributed by atoms with Crippen molar-refractivity contribution in [1.82, 2.24) is 19.8 Å². The van der Waals surface area contributed by atoms with E-state index in [1.165, 1.54) is 14.2 Å². The van der Waals surface area contributed by atoms with Gasteiger partial charge in [0.25, 0.3) is 0 Å². The van der Waals surface area contributed by atoms with E-state index in [2.05, 4.69) is 19.8 Å². The van der Waals surface area contributed by atoms with Gasteiger partial charge in [0.2, 0.25) is 0 Å². The van der Waals surface area contributed by atoms with Crippen molar-refractivity contribution in [2.75, 3.05) is 99.0 Å². The van der Waals surface area contributed by atoms with Crippen molar-refractivity contribution in [1.29, 1.82) is 0 Å². The maximum absolute atomic E-state index is 12.3. The van der Waals surface area contributed by atoms with Crippen LogP contribution in [0.5, 0.6) is 0 Å². The van der Waals surface area contributed by atoms with Crippen molar-refractivity contribution in [3.05, 3.63) is 89.0 Å². The SMILES string of the molecule is CC.COC(=O)c1cccc(CN2CCOCCOCCN(C(c3ccc(N)cc3)c3cccc(C(=O)OC)n3)CCOCCOCC2)n1. The monoisotopic (exact) mass is 681 g/mol. The molecular formula is C36H51N5O8. The molecule has 1 aromatic carbocycles. The number of rotatable bonds is 7. The number of hydrogen-bond acceptors (Lipinski definition) is 13. The van der Waals surface area contributed by atoms with E-state index < -0.39 is 11.9 Å². The Morgan fingerprint density at radius 3 is 1.71 bits per heavy atom. The largest absolute Gasteiger partial charge is 0.464 e. The number of esters is 2. The third-order valence-corrected chi connectivity index (χ3v) is 7.54. The van der Waals surface area contributed by atoms with E-state index in [4.69, 9.17) is 34.2 Å². The van der Waals surface area contributed by atoms with Crippen LogP contribution in [-0.4, -0.2) is 125 Å². The highest BCUT2D eigenvalue weighted by atomic mass is 16.5. The summed E-state index contributed by atoms with van der Waals surface area (Å²) in [7, 11) is 2.68. The van der Waals surface area contributed by atoms with Crippen LogP contribution in [-0.2, 0) is 35.0 Å². The molecule has 49 heavy (non-hydrogen) atoms. The first-order valence-corrected chi connectivity index (χ1v) is 16.7. The Kier molecular flexibility index (Phi) is 18.2. The summed E-state index contributed by atoms with van der Waals surface area (Å²) < 4.78 is 33.5. The number of nitrogens with two attached hydrogens (primary N) is 1. The van der Waals surface area contributed by atoms with Gasteiger partial charge < -0.3 is 34.2 Å². The summed E-state index contributed by atoms with van der Waals surface area (Å²) in [5, 5.41) is 0. The van der Waals surface area contributed by atoms with E-state index >= 15 is 0 Å². The van der Waals surface area contributed by atoms with Crippen molar-refractivity contribution in [2.24, 2.45) is 0 Å². The summed E-state index contributed by atoms with van der Waals surface area (Å²) in [4.78, 5) is 37.7. The Labute approximate surface area is 289 Å². The molecule has 4 rings (SSSR count). The molecule has 2 aromatic heterocycles. The average molecular weight is 682 g/mol. The molecule has 0 amide bonds. The van der Waals surface area contributed by atoms with Gasteiger partial charge >= 0.3 is 11.9 Å². The number of methoxy groups -OCH3 is 2. The molecule has 1 atom stereocenters. The topological polar surface area (TPSA) is 148 Å². The van der Waals surface area contributed by atoms with E-state index in [1.54, 1.807) is 24.3 Å². The predicted molar refractivity (Wildman–Crippen MR) is 185 cm³/mol. The fourth-order valence-corrected chi connectivity index (χ4v) is 5.12. The van der Waals surface area contributed by atoms with Crippen LogP contribution in [0, 0.1) is 0 Å². The number of benzene rings is 1. The van der Waals surface area contributed by atoms with Gasteiger partial charge in [-0.1, -0.05) is 38.1 Å². The zero-order chi connectivity index (χ0) is 35.3. The Morgan fingerprint density at radius 1 is 0.694 bits per heavy atom. The van der Waals surface area contributed by atoms with E-state index in [9.17, 15) is 9.59 Å². The predicted octanol–water partition coefficient (Wildman–Crippen LogP) is 3.63. The number of ether oxygens (including phenoxy) is 6. The van der Waals surface area contributed by atoms with E-state index in [-0.39, 0.29) is 17.4 Å². The molecule has 1 fully saturated rings. The van der Waals surface area contributed by atoms with E-state index in [1.807, 2.05) is 50.2 Å². The quantitative estimate of drug-likeness (QED) is 0.286. The fraction of sp³-hybridized carbons (Fsp3) is 0.500. The Balaban J connectivity index is 0.00000319. The number of pyridine rings is 2. The number of aromatic nitrogens is 2. The second kappa shape index (κ2) is 22.6. The van der Waals surface area contributed by atoms with Crippen molar-refractivity contribution in [3.8, 4) is 0 Å². The molecule has 0 spiro atoms. The highest BCUT2D eigenvalue weighted by Gasteiger charge is 2.25. The number of nitrogens with zero attached hydrogens (tertiary/aromatic N) is 4. The van der Waals surface area contributed by atoms with Crippen LogP contribution < -0.4 is 5.73 Å². The number of nitrogen functional groups attached to an aromatic ring is 1. The van der Waals surface area contributed by atoms with E-state index in [0.717, 1.165) is 11.3 Å². The number of carbonyl (C=O) groups is 2. The lowest BCUT2D eigenvalue weighted by molar-refractivity contribution is 0.00330. The molecule has 13 heteroatoms. The molecule has 1 aliphatic heterocycles. The molecule has 0 aliphatic carbocycles. The first kappa shape index (κ1) is 39.5. The first-order valence-electron chi connectivity index (χ1n) is 16.7. The van der Waals surface area contributed by atoms with Gasteiger partial charge in [-0.2, -0.15) is 0 Å². The number of carbonyl (C=O) groups excluding carboxylic acids is 2. The molecule has 0 saturated carbocycles. The summed E-state index contributed by atoms with van der Waals surface area (Å²) in [6.45, 7) is 10.6. The molecule has 0 bridgehead atoms. The highest BCUT2D eigenvalue weighted by molar-refractivity contribution is 5.87. The molecule has 2 N–H and O–H groups in total. The number of anilines is 1. The molecule has 13 nitrogen and oxygen atoms in total. The zero-order valence-corrected chi connectivity index (χ0v) is 29.2. The minimum absolute atomic E-state index is 0.234. The molecule has 1 saturated heterocycles. The second-order valence-electron chi connectivity index (χ2n) is 10.8. The lowest BCUT2D eigenvalue weighted by atomic mass is 10.0. The van der Waals surface area contributed by atoms with Gasteiger partial charge in [-0.25, -0.2) is 19.6 Å². The van der Waals surface area contributed by atoms with Crippen LogP contribution in [0.1, 0.15) is 57.8 Å². The summed E-state index contributed by atoms with van der Waals surface area (Å²) in [6.07, 6.45) is 0. The van der Waals surface area contributed by atoms with E-state index in [0.29, 0.717) is 97.0 Å². The van der Waals surface area contributed by atoms with Gasteiger partial charge in [0.1, 0.15) is 11.4 Å². The molecule has 268 valence electrons. The summed E-state index contributed by atoms with van der Waals surface area (Å²) in [5.74, 6) is -0.964. The zero-order valence-electron chi connectivity index (χ0n) is 29.2. The van der Waals surface area contributed by atoms with Gasteiger partial charge in [0.15, 0.2) is 0 Å². The standard InChI is InChI=1S/C34H45N5O8.C2H6/c1-42-33(40)30-7-3-5-28(36-30)25-38-13-17-44-21-23-46-19-15-39(16-20-47-24-22-45-18-14-38)32(26-9-11-27(35)12-10-26)29-6-4-8-31(37-29)34(41)43-2;1-2/h3-12,32H,13-25,35H2,1-2H3;1-2H3. The molecule has 1 aliphatic rings. The second-order valence-corrected chi connectivity index (χ2v) is 10.8. The smallest absolute Gasteiger partial charge is 0.356 e. The third kappa shape index (κ3) is 13.4. The summed E-state index contributed by atoms with van der Waals surface area (Å²) in [6, 6.07) is 18.0. The van der Waals surface area contributed by atoms with Gasteiger partial charge in [0, 0.05) is 38.4 Å². The van der Waals surface area contributed by atoms with Crippen molar-refractivity contribution in [3.63, 3.8) is 0 Å². The minimum Gasteiger partial charge on any atom is -0.464 e. The Hall–Kier alpha value is -3.98. The van der Waals surface area contributed by atoms with Crippen molar-refractivity contribution >= 4 is 17.6 Å². The molecule has 0 radical (unpaired) electrons. The Morgan fingerprint density at radius 2 is 1.18 bits per heavy atom. The van der Waals surface area contributed by atoms with Crippen LogP contribution in [0.4, 0.5) is 5.69 Å². The van der Waals surface area contributed by atoms with Gasteiger partial charge in [0.05, 0.1) is 84.5 Å². The van der Waals surface area contributed by atoms with Gasteiger partial charge in [-0.05, 0) is 42.0 Å². The van der Waals surface area contributed by atoms with Crippen LogP contribution in [0.2, 0.25) is 0 Å². The lowest BCUT2D eigenvalue weighted by Crippen LogP contribution is -2.36. The van der Waals surface area contributed by atoms with Crippen molar-refractivity contribution in [2.45, 2.75) is 26.4 Å². The normalized spacial score (nSPS) is 17.0. The summed E-state index contributed by atoms with van der Waals surface area (Å²) >= 11 is 0. The molecule has 1 unspecified atom stereocenters. The maximum atomic E-state index is 12.3. The fourth-order valence-electron chi connectivity index (χ4n) is 5.12. The van der Waals surface area contributed by atoms with Crippen LogP contribution in [0.25, 0.3) is 0 Å². The summed E-state index contributed by atoms with van der Waals surface area (Å²) in [5.41, 5.74) is 9.60. The average Bonchev–Trinajstić information content (AvgIpc) is 3.14. The van der Waals surface area contributed by atoms with Crippen LogP contribution >= 0.6 is 0 Å². The highest BCUT2D eigenvalue weighted by Crippen LogP contribution is 2.28. The van der Waals surface area contributed by atoms with Gasteiger partial charge in [-0.3, -0.25) is 9.80 Å². The number of hydrogen-bond donors (Lipinski definition) is 1. The first-order chi connectivity index (χ1) is 24.0.